The van der Waals surface area contributed by atoms with Gasteiger partial charge in [-0.25, -0.2) is 15.4 Å². The van der Waals surface area contributed by atoms with Crippen molar-refractivity contribution in [3.63, 3.8) is 0 Å². The fourth-order valence-corrected chi connectivity index (χ4v) is 1.33. The van der Waals surface area contributed by atoms with Crippen molar-refractivity contribution >= 4 is 5.82 Å². The van der Waals surface area contributed by atoms with Gasteiger partial charge in [-0.1, -0.05) is 0 Å². The highest BCUT2D eigenvalue weighted by Gasteiger charge is 2.09. The first kappa shape index (κ1) is 7.49. The second-order valence-corrected chi connectivity index (χ2v) is 2.83. The van der Waals surface area contributed by atoms with Crippen LogP contribution in [-0.4, -0.2) is 23.1 Å². The third-order valence-electron chi connectivity index (χ3n) is 1.95. The van der Waals surface area contributed by atoms with Crippen LogP contribution in [0.25, 0.3) is 0 Å². The largest absolute Gasteiger partial charge is 0.292 e. The molecule has 4 heteroatoms. The SMILES string of the molecule is c1cc(N2CCCCN2)ncn1. The van der Waals surface area contributed by atoms with Crippen molar-refractivity contribution in [2.75, 3.05) is 18.1 Å². The summed E-state index contributed by atoms with van der Waals surface area (Å²) < 4.78 is 0. The Morgan fingerprint density at radius 2 is 2.42 bits per heavy atom. The lowest BCUT2D eigenvalue weighted by atomic mass is 10.2. The maximum Gasteiger partial charge on any atom is 0.146 e. The summed E-state index contributed by atoms with van der Waals surface area (Å²) >= 11 is 0. The second-order valence-electron chi connectivity index (χ2n) is 2.83. The van der Waals surface area contributed by atoms with E-state index < -0.39 is 0 Å². The van der Waals surface area contributed by atoms with E-state index in [1.54, 1.807) is 12.5 Å². The molecule has 0 saturated carbocycles. The Balaban J connectivity index is 2.08. The van der Waals surface area contributed by atoms with Crippen LogP contribution < -0.4 is 10.4 Å². The molecule has 0 aromatic carbocycles. The zero-order valence-electron chi connectivity index (χ0n) is 6.90. The molecule has 0 unspecified atom stereocenters. The highest BCUT2D eigenvalue weighted by molar-refractivity contribution is 5.34. The van der Waals surface area contributed by atoms with Crippen LogP contribution in [0.1, 0.15) is 12.8 Å². The first-order valence-corrected chi connectivity index (χ1v) is 4.24. The molecular weight excluding hydrogens is 152 g/mol. The Morgan fingerprint density at radius 1 is 1.42 bits per heavy atom. The van der Waals surface area contributed by atoms with E-state index >= 15 is 0 Å². The molecule has 12 heavy (non-hydrogen) atoms. The lowest BCUT2D eigenvalue weighted by Gasteiger charge is -2.28. The number of hydrogen-bond donors (Lipinski definition) is 1. The van der Waals surface area contributed by atoms with Gasteiger partial charge in [-0.05, 0) is 12.8 Å². The number of anilines is 1. The summed E-state index contributed by atoms with van der Waals surface area (Å²) in [6, 6.07) is 1.92. The van der Waals surface area contributed by atoms with Gasteiger partial charge in [-0.15, -0.1) is 0 Å². The van der Waals surface area contributed by atoms with E-state index in [1.807, 2.05) is 6.07 Å². The monoisotopic (exact) mass is 164 g/mol. The van der Waals surface area contributed by atoms with E-state index in [4.69, 9.17) is 0 Å². The molecule has 0 bridgehead atoms. The summed E-state index contributed by atoms with van der Waals surface area (Å²) in [6.45, 7) is 2.08. The van der Waals surface area contributed by atoms with Crippen LogP contribution in [0.5, 0.6) is 0 Å². The van der Waals surface area contributed by atoms with Crippen LogP contribution in [0, 0.1) is 0 Å². The van der Waals surface area contributed by atoms with Crippen LogP contribution in [0.15, 0.2) is 18.6 Å². The third-order valence-corrected chi connectivity index (χ3v) is 1.95. The molecule has 1 saturated heterocycles. The lowest BCUT2D eigenvalue weighted by molar-refractivity contribution is 0.507. The topological polar surface area (TPSA) is 41.0 Å². The molecule has 0 radical (unpaired) electrons. The van der Waals surface area contributed by atoms with Gasteiger partial charge in [-0.2, -0.15) is 0 Å². The van der Waals surface area contributed by atoms with Crippen molar-refractivity contribution in [2.24, 2.45) is 0 Å². The molecule has 1 aromatic rings. The van der Waals surface area contributed by atoms with Crippen LogP contribution in [0.4, 0.5) is 5.82 Å². The molecule has 4 nitrogen and oxygen atoms in total. The Hall–Kier alpha value is -1.16. The molecule has 1 N–H and O–H groups in total. The van der Waals surface area contributed by atoms with E-state index in [2.05, 4.69) is 20.4 Å². The number of hydrogen-bond acceptors (Lipinski definition) is 4. The van der Waals surface area contributed by atoms with Gasteiger partial charge in [-0.3, -0.25) is 5.01 Å². The predicted octanol–water partition coefficient (Wildman–Crippen LogP) is 0.581. The quantitative estimate of drug-likeness (QED) is 0.659. The van der Waals surface area contributed by atoms with E-state index in [-0.39, 0.29) is 0 Å². The van der Waals surface area contributed by atoms with Crippen molar-refractivity contribution < 1.29 is 0 Å². The molecule has 0 spiro atoms. The van der Waals surface area contributed by atoms with Gasteiger partial charge in [0, 0.05) is 25.4 Å². The summed E-state index contributed by atoms with van der Waals surface area (Å²) in [5.41, 5.74) is 3.28. The van der Waals surface area contributed by atoms with E-state index in [9.17, 15) is 0 Å². The minimum atomic E-state index is 0.963. The van der Waals surface area contributed by atoms with Crippen molar-refractivity contribution in [1.29, 1.82) is 0 Å². The second kappa shape index (κ2) is 3.49. The van der Waals surface area contributed by atoms with Gasteiger partial charge in [0.1, 0.15) is 12.1 Å². The molecule has 2 heterocycles. The maximum atomic E-state index is 4.15. The van der Waals surface area contributed by atoms with Crippen LogP contribution in [0.3, 0.4) is 0 Å². The number of nitrogens with zero attached hydrogens (tertiary/aromatic N) is 3. The Kier molecular flexibility index (Phi) is 2.18. The minimum Gasteiger partial charge on any atom is -0.292 e. The Morgan fingerprint density at radius 3 is 3.08 bits per heavy atom. The molecule has 64 valence electrons. The number of aromatic nitrogens is 2. The summed E-state index contributed by atoms with van der Waals surface area (Å²) in [5, 5.41) is 2.07. The van der Waals surface area contributed by atoms with E-state index in [0.717, 1.165) is 18.9 Å². The molecule has 1 fully saturated rings. The minimum absolute atomic E-state index is 0.963. The molecule has 0 atom stereocenters. The van der Waals surface area contributed by atoms with Gasteiger partial charge in [0.2, 0.25) is 0 Å². The lowest BCUT2D eigenvalue weighted by Crippen LogP contribution is -2.43. The van der Waals surface area contributed by atoms with Crippen molar-refractivity contribution in [1.82, 2.24) is 15.4 Å². The summed E-state index contributed by atoms with van der Waals surface area (Å²) in [4.78, 5) is 8.03. The molecule has 0 amide bonds. The van der Waals surface area contributed by atoms with Gasteiger partial charge in [0.15, 0.2) is 0 Å². The number of rotatable bonds is 1. The van der Waals surface area contributed by atoms with Crippen molar-refractivity contribution in [2.45, 2.75) is 12.8 Å². The molecule has 2 rings (SSSR count). The zero-order chi connectivity index (χ0) is 8.23. The standard InChI is InChI=1S/C8H12N4/c1-2-6-12(11-4-1)8-3-5-9-7-10-8/h3,5,7,11H,1-2,4,6H2. The van der Waals surface area contributed by atoms with Crippen molar-refractivity contribution in [3.05, 3.63) is 18.6 Å². The summed E-state index contributed by atoms with van der Waals surface area (Å²) in [6.07, 6.45) is 5.82. The first-order chi connectivity index (χ1) is 5.97. The van der Waals surface area contributed by atoms with E-state index in [1.165, 1.54) is 12.8 Å². The average molecular weight is 164 g/mol. The summed E-state index contributed by atoms with van der Waals surface area (Å²) in [5.74, 6) is 0.963. The Bertz CT molecular complexity index is 230. The average Bonchev–Trinajstić information content (AvgIpc) is 2.21. The molecule has 1 aliphatic rings. The maximum absolute atomic E-state index is 4.15. The fourth-order valence-electron chi connectivity index (χ4n) is 1.33. The van der Waals surface area contributed by atoms with Gasteiger partial charge < -0.3 is 0 Å². The van der Waals surface area contributed by atoms with Crippen molar-refractivity contribution in [3.8, 4) is 0 Å². The highest BCUT2D eigenvalue weighted by atomic mass is 15.5. The first-order valence-electron chi connectivity index (χ1n) is 4.24. The highest BCUT2D eigenvalue weighted by Crippen LogP contribution is 2.09. The molecule has 1 aliphatic heterocycles. The number of hydrazine groups is 1. The predicted molar refractivity (Wildman–Crippen MR) is 46.6 cm³/mol. The van der Waals surface area contributed by atoms with Crippen LogP contribution in [-0.2, 0) is 0 Å². The fraction of sp³-hybridized carbons (Fsp3) is 0.500. The van der Waals surface area contributed by atoms with Crippen LogP contribution in [0.2, 0.25) is 0 Å². The molecular formula is C8H12N4. The summed E-state index contributed by atoms with van der Waals surface area (Å²) in [7, 11) is 0. The zero-order valence-corrected chi connectivity index (χ0v) is 6.90. The number of nitrogens with one attached hydrogen (secondary N) is 1. The molecule has 0 aliphatic carbocycles. The Labute approximate surface area is 71.6 Å². The van der Waals surface area contributed by atoms with Gasteiger partial charge >= 0.3 is 0 Å². The third kappa shape index (κ3) is 1.53. The van der Waals surface area contributed by atoms with Crippen LogP contribution >= 0.6 is 0 Å². The normalized spacial score (nSPS) is 17.8. The van der Waals surface area contributed by atoms with E-state index in [0.29, 0.717) is 0 Å². The smallest absolute Gasteiger partial charge is 0.146 e. The van der Waals surface area contributed by atoms with Gasteiger partial charge in [0.05, 0.1) is 0 Å². The molecule has 1 aromatic heterocycles. The van der Waals surface area contributed by atoms with Gasteiger partial charge in [0.25, 0.3) is 0 Å².